The van der Waals surface area contributed by atoms with Crippen LogP contribution in [0.5, 0.6) is 0 Å². The van der Waals surface area contributed by atoms with Crippen molar-refractivity contribution in [1.29, 1.82) is 0 Å². The molecule has 0 spiro atoms. The van der Waals surface area contributed by atoms with E-state index in [1.165, 1.54) is 11.1 Å². The van der Waals surface area contributed by atoms with Crippen LogP contribution in [0.2, 0.25) is 0 Å². The third kappa shape index (κ3) is 2.32. The summed E-state index contributed by atoms with van der Waals surface area (Å²) in [5.74, 6) is 0. The molecule has 1 aliphatic rings. The highest BCUT2D eigenvalue weighted by Gasteiger charge is 2.15. The predicted octanol–water partition coefficient (Wildman–Crippen LogP) is 2.49. The first-order chi connectivity index (χ1) is 6.72. The van der Waals surface area contributed by atoms with Gasteiger partial charge < -0.3 is 5.11 Å². The van der Waals surface area contributed by atoms with Gasteiger partial charge in [0.05, 0.1) is 12.6 Å². The van der Waals surface area contributed by atoms with Gasteiger partial charge in [0.1, 0.15) is 0 Å². The number of hydrogen-bond donors (Lipinski definition) is 1. The number of rotatable bonds is 3. The molecule has 0 saturated carbocycles. The molecule has 0 aromatic rings. The van der Waals surface area contributed by atoms with Crippen LogP contribution >= 0.6 is 0 Å². The maximum atomic E-state index is 9.23. The highest BCUT2D eigenvalue weighted by atomic mass is 16.3. The van der Waals surface area contributed by atoms with Crippen LogP contribution in [0.4, 0.5) is 0 Å². The summed E-state index contributed by atoms with van der Waals surface area (Å²) >= 11 is 0. The number of hydrogen-bond acceptors (Lipinski definition) is 2. The molecule has 1 N–H and O–H groups in total. The van der Waals surface area contributed by atoms with Gasteiger partial charge in [-0.1, -0.05) is 13.0 Å². The summed E-state index contributed by atoms with van der Waals surface area (Å²) in [5, 5.41) is 9.23. The van der Waals surface area contributed by atoms with Crippen LogP contribution in [0, 0.1) is 0 Å². The first-order valence-corrected chi connectivity index (χ1v) is 5.24. The van der Waals surface area contributed by atoms with E-state index >= 15 is 0 Å². The van der Waals surface area contributed by atoms with E-state index in [1.807, 2.05) is 19.2 Å². The molecule has 2 nitrogen and oxygen atoms in total. The fourth-order valence-electron chi connectivity index (χ4n) is 1.78. The monoisotopic (exact) mass is 193 g/mol. The van der Waals surface area contributed by atoms with Crippen molar-refractivity contribution in [3.05, 3.63) is 22.8 Å². The van der Waals surface area contributed by atoms with E-state index in [9.17, 15) is 5.11 Å². The van der Waals surface area contributed by atoms with Crippen LogP contribution in [0.15, 0.2) is 27.8 Å². The topological polar surface area (TPSA) is 32.6 Å². The molecule has 0 saturated heterocycles. The Bertz CT molecular complexity index is 287. The van der Waals surface area contributed by atoms with E-state index in [4.69, 9.17) is 0 Å². The predicted molar refractivity (Wildman–Crippen MR) is 60.7 cm³/mol. The number of aliphatic hydroxyl groups excluding tert-OH is 1. The lowest BCUT2D eigenvalue weighted by atomic mass is 9.91. The zero-order valence-electron chi connectivity index (χ0n) is 9.25. The second kappa shape index (κ2) is 5.11. The lowest BCUT2D eigenvalue weighted by Crippen LogP contribution is -2.12. The minimum atomic E-state index is 0.135. The van der Waals surface area contributed by atoms with Crippen LogP contribution in [0.25, 0.3) is 0 Å². The molecule has 78 valence electrons. The Morgan fingerprint density at radius 2 is 2.43 bits per heavy atom. The van der Waals surface area contributed by atoms with Crippen LogP contribution in [-0.4, -0.2) is 24.0 Å². The van der Waals surface area contributed by atoms with Crippen LogP contribution in [-0.2, 0) is 0 Å². The van der Waals surface area contributed by atoms with Crippen molar-refractivity contribution in [2.75, 3.05) is 6.61 Å². The molecular weight excluding hydrogens is 174 g/mol. The van der Waals surface area contributed by atoms with Crippen molar-refractivity contribution in [3.63, 3.8) is 0 Å². The van der Waals surface area contributed by atoms with E-state index in [0.29, 0.717) is 6.04 Å². The molecular formula is C12H19NO. The molecule has 0 aromatic carbocycles. The van der Waals surface area contributed by atoms with Crippen molar-refractivity contribution in [3.8, 4) is 0 Å². The van der Waals surface area contributed by atoms with Gasteiger partial charge >= 0.3 is 0 Å². The first kappa shape index (κ1) is 11.2. The van der Waals surface area contributed by atoms with Gasteiger partial charge in [0.2, 0.25) is 0 Å². The van der Waals surface area contributed by atoms with Crippen molar-refractivity contribution in [1.82, 2.24) is 0 Å². The summed E-state index contributed by atoms with van der Waals surface area (Å²) < 4.78 is 0. The summed E-state index contributed by atoms with van der Waals surface area (Å²) in [6, 6.07) is 0.349. The van der Waals surface area contributed by atoms with Crippen molar-refractivity contribution in [2.24, 2.45) is 4.99 Å². The van der Waals surface area contributed by atoms with Crippen LogP contribution in [0.3, 0.4) is 0 Å². The maximum Gasteiger partial charge on any atom is 0.0681 e. The lowest BCUT2D eigenvalue weighted by molar-refractivity contribution is 0.332. The minimum absolute atomic E-state index is 0.135. The van der Waals surface area contributed by atoms with E-state index < -0.39 is 0 Å². The number of aliphatic hydroxyl groups is 1. The third-order valence-electron chi connectivity index (χ3n) is 2.66. The zero-order chi connectivity index (χ0) is 10.6. The Morgan fingerprint density at radius 3 is 2.93 bits per heavy atom. The number of nitrogens with zero attached hydrogens (tertiary/aromatic N) is 1. The van der Waals surface area contributed by atoms with Gasteiger partial charge in [-0.25, -0.2) is 0 Å². The van der Waals surface area contributed by atoms with Gasteiger partial charge in [-0.2, -0.15) is 0 Å². The highest BCUT2D eigenvalue weighted by Crippen LogP contribution is 2.25. The molecule has 0 amide bonds. The number of allylic oxidation sites excluding steroid dienone is 2. The smallest absolute Gasteiger partial charge is 0.0681 e. The maximum absolute atomic E-state index is 9.23. The molecule has 0 radical (unpaired) electrons. The van der Waals surface area contributed by atoms with E-state index in [-0.39, 0.29) is 6.61 Å². The first-order valence-electron chi connectivity index (χ1n) is 5.24. The Labute approximate surface area is 86.1 Å². The largest absolute Gasteiger partial charge is 0.392 e. The zero-order valence-corrected chi connectivity index (χ0v) is 9.25. The molecule has 1 heterocycles. The van der Waals surface area contributed by atoms with E-state index in [1.54, 1.807) is 0 Å². The van der Waals surface area contributed by atoms with E-state index in [2.05, 4.69) is 18.8 Å². The average Bonchev–Trinajstić information content (AvgIpc) is 2.20. The molecule has 0 aromatic heterocycles. The molecule has 0 aliphatic carbocycles. The van der Waals surface area contributed by atoms with Crippen molar-refractivity contribution < 1.29 is 5.11 Å². The Kier molecular flexibility index (Phi) is 4.08. The fraction of sp³-hybridized carbons (Fsp3) is 0.583. The summed E-state index contributed by atoms with van der Waals surface area (Å²) in [6.45, 7) is 6.34. The van der Waals surface area contributed by atoms with Gasteiger partial charge in [-0.05, 0) is 43.4 Å². The van der Waals surface area contributed by atoms with Gasteiger partial charge in [-0.15, -0.1) is 0 Å². The normalized spacial score (nSPS) is 23.1. The molecule has 1 aliphatic heterocycles. The molecule has 1 atom stereocenters. The molecule has 0 fully saturated rings. The number of aliphatic imine (C=N–C) groups is 1. The summed E-state index contributed by atoms with van der Waals surface area (Å²) in [4.78, 5) is 4.39. The summed E-state index contributed by atoms with van der Waals surface area (Å²) in [5.41, 5.74) is 3.62. The molecule has 2 heteroatoms. The van der Waals surface area contributed by atoms with Gasteiger partial charge in [0.25, 0.3) is 0 Å². The molecule has 0 bridgehead atoms. The Balaban J connectivity index is 3.01. The van der Waals surface area contributed by atoms with Gasteiger partial charge in [0.15, 0.2) is 0 Å². The quantitative estimate of drug-likeness (QED) is 0.734. The van der Waals surface area contributed by atoms with E-state index in [0.717, 1.165) is 18.4 Å². The molecule has 1 rings (SSSR count). The second-order valence-electron chi connectivity index (χ2n) is 3.66. The fourth-order valence-corrected chi connectivity index (χ4v) is 1.78. The summed E-state index contributed by atoms with van der Waals surface area (Å²) in [6.07, 6.45) is 5.91. The molecule has 14 heavy (non-hydrogen) atoms. The molecule has 1 unspecified atom stereocenters. The Morgan fingerprint density at radius 1 is 1.71 bits per heavy atom. The summed E-state index contributed by atoms with van der Waals surface area (Å²) in [7, 11) is 0. The van der Waals surface area contributed by atoms with Crippen molar-refractivity contribution >= 4 is 6.21 Å². The number of dihydropyridines is 1. The SMILES string of the molecule is C/C=C(/CO)C1=C(CC)C=NC(C)C1. The highest BCUT2D eigenvalue weighted by molar-refractivity contribution is 5.82. The van der Waals surface area contributed by atoms with Crippen LogP contribution < -0.4 is 0 Å². The minimum Gasteiger partial charge on any atom is -0.392 e. The second-order valence-corrected chi connectivity index (χ2v) is 3.66. The average molecular weight is 193 g/mol. The third-order valence-corrected chi connectivity index (χ3v) is 2.66. The van der Waals surface area contributed by atoms with Gasteiger partial charge in [0, 0.05) is 6.21 Å². The standard InChI is InChI=1S/C12H19NO/c1-4-10-7-13-9(3)6-12(10)11(5-2)8-14/h5,7,9,14H,4,6,8H2,1-3H3/b11-5-. The van der Waals surface area contributed by atoms with Gasteiger partial charge in [-0.3, -0.25) is 4.99 Å². The lowest BCUT2D eigenvalue weighted by Gasteiger charge is -2.20. The van der Waals surface area contributed by atoms with Crippen molar-refractivity contribution in [2.45, 2.75) is 39.7 Å². The Hall–Kier alpha value is -0.890. The van der Waals surface area contributed by atoms with Crippen LogP contribution in [0.1, 0.15) is 33.6 Å².